The summed E-state index contributed by atoms with van der Waals surface area (Å²) >= 11 is 2.46. The number of hydrogen-bond acceptors (Lipinski definition) is 11. The molecule has 350 valence electrons. The Labute approximate surface area is 384 Å². The first-order chi connectivity index (χ1) is 29.6. The van der Waals surface area contributed by atoms with Crippen molar-refractivity contribution in [2.75, 3.05) is 14.2 Å². The highest BCUT2D eigenvalue weighted by Gasteiger charge is 2.65. The van der Waals surface area contributed by atoms with Gasteiger partial charge in [-0.2, -0.15) is 13.2 Å². The average molecular weight is 997 g/mol. The van der Waals surface area contributed by atoms with E-state index in [1.165, 1.54) is 44.6 Å². The number of alkyl halides is 4. The van der Waals surface area contributed by atoms with E-state index in [4.69, 9.17) is 23.7 Å². The van der Waals surface area contributed by atoms with E-state index in [-0.39, 0.29) is 40.9 Å². The van der Waals surface area contributed by atoms with Crippen molar-refractivity contribution in [3.63, 3.8) is 0 Å². The zero-order valence-electron chi connectivity index (χ0n) is 38.2. The maximum absolute atomic E-state index is 14.0. The van der Waals surface area contributed by atoms with Crippen molar-refractivity contribution in [2.45, 2.75) is 140 Å². The maximum Gasteiger partial charge on any atom is 0.442 e. The number of nitrogens with zero attached hydrogens (tertiary/aromatic N) is 2. The molecule has 0 unspecified atom stereocenters. The number of allylic oxidation sites excluding steroid dienone is 6. The van der Waals surface area contributed by atoms with Crippen molar-refractivity contribution < 1.29 is 56.7 Å². The zero-order valence-corrected chi connectivity index (χ0v) is 40.4. The third-order valence-corrected chi connectivity index (χ3v) is 14.4. The SMILES string of the molecule is C/C=C/[C@H]1O[C@@H]([C@@H](C)[C@H](O)[C@H](C)[C@H]2OC(=O)/C(OC)=C/C(C)=C/[C@@H](C)[C@@H](O)[C@@H](CC)[C@@H](OC(=O)c3ccc(C4(C(F)(F)F)N=N4)cc3)[C@H](C)C/C(C)=C/C=C/[C@@H]2OC)C[C@@H]([125I])[C@@H]1C. The second-order valence-electron chi connectivity index (χ2n) is 17.5. The number of rotatable bonds is 11. The summed E-state index contributed by atoms with van der Waals surface area (Å²) in [7, 11) is 2.86. The van der Waals surface area contributed by atoms with Gasteiger partial charge in [-0.05, 0) is 70.1 Å². The van der Waals surface area contributed by atoms with E-state index in [0.29, 0.717) is 28.3 Å². The van der Waals surface area contributed by atoms with Crippen molar-refractivity contribution in [3.05, 3.63) is 94.8 Å². The second-order valence-corrected chi connectivity index (χ2v) is 19.1. The molecule has 11 nitrogen and oxygen atoms in total. The Kier molecular flexibility index (Phi) is 18.8. The molecule has 1 aromatic carbocycles. The van der Waals surface area contributed by atoms with Crippen LogP contribution in [0.2, 0.25) is 0 Å². The van der Waals surface area contributed by atoms with E-state index in [9.17, 15) is 33.0 Å². The normalized spacial score (nSPS) is 35.5. The average Bonchev–Trinajstić information content (AvgIpc) is 4.07. The predicted octanol–water partition coefficient (Wildman–Crippen LogP) is 10.2. The fourth-order valence-electron chi connectivity index (χ4n) is 8.79. The second kappa shape index (κ2) is 22.7. The summed E-state index contributed by atoms with van der Waals surface area (Å²) in [5.41, 5.74) is -1.30. The van der Waals surface area contributed by atoms with Crippen LogP contribution in [0, 0.1) is 35.5 Å². The first-order valence-corrected chi connectivity index (χ1v) is 23.0. The molecular formula is C48H66F3IN2O9. The molecule has 63 heavy (non-hydrogen) atoms. The van der Waals surface area contributed by atoms with Crippen LogP contribution in [0.15, 0.2) is 93.9 Å². The Hall–Kier alpha value is -3.38. The lowest BCUT2D eigenvalue weighted by molar-refractivity contribution is -0.166. The first-order valence-electron chi connectivity index (χ1n) is 21.8. The minimum atomic E-state index is -4.71. The number of halogens is 4. The Morgan fingerprint density at radius 1 is 1.10 bits per heavy atom. The highest BCUT2D eigenvalue weighted by Crippen LogP contribution is 2.52. The molecule has 14 atom stereocenters. The summed E-state index contributed by atoms with van der Waals surface area (Å²) in [5, 5.41) is 30.4. The monoisotopic (exact) mass is 996 g/mol. The van der Waals surface area contributed by atoms with E-state index in [1.54, 1.807) is 25.2 Å². The number of cyclic esters (lactones) is 1. The minimum Gasteiger partial charge on any atom is -0.490 e. The number of carbonyl (C=O) groups is 2. The van der Waals surface area contributed by atoms with E-state index in [0.717, 1.165) is 12.0 Å². The Balaban J connectivity index is 1.69. The Bertz CT molecular complexity index is 1890. The molecule has 4 rings (SSSR count). The van der Waals surface area contributed by atoms with E-state index < -0.39 is 72.1 Å². The van der Waals surface area contributed by atoms with Gasteiger partial charge in [0.1, 0.15) is 18.3 Å². The van der Waals surface area contributed by atoms with Crippen LogP contribution in [0.25, 0.3) is 0 Å². The molecule has 3 heterocycles. The molecular weight excluding hydrogens is 930 g/mol. The number of benzene rings is 1. The molecule has 0 aromatic heterocycles. The van der Waals surface area contributed by atoms with Gasteiger partial charge in [-0.15, -0.1) is 10.2 Å². The van der Waals surface area contributed by atoms with Gasteiger partial charge in [0.15, 0.2) is 0 Å². The number of hydrogen-bond donors (Lipinski definition) is 2. The van der Waals surface area contributed by atoms with Crippen LogP contribution in [-0.2, 0) is 34.1 Å². The molecule has 3 aliphatic rings. The number of carbonyl (C=O) groups excluding carboxylic acids is 2. The van der Waals surface area contributed by atoms with Gasteiger partial charge >= 0.3 is 23.8 Å². The number of aliphatic hydroxyl groups is 2. The third-order valence-electron chi connectivity index (χ3n) is 12.8. The van der Waals surface area contributed by atoms with E-state index >= 15 is 0 Å². The zero-order chi connectivity index (χ0) is 47.0. The summed E-state index contributed by atoms with van der Waals surface area (Å²) in [6.07, 6.45) is 4.78. The highest BCUT2D eigenvalue weighted by molar-refractivity contribution is 14.1. The predicted molar refractivity (Wildman–Crippen MR) is 243 cm³/mol. The Morgan fingerprint density at radius 2 is 1.75 bits per heavy atom. The summed E-state index contributed by atoms with van der Waals surface area (Å²) in [6.45, 7) is 17.2. The van der Waals surface area contributed by atoms with Gasteiger partial charge in [-0.25, -0.2) is 9.59 Å². The van der Waals surface area contributed by atoms with Gasteiger partial charge in [0, 0.05) is 40.3 Å². The van der Waals surface area contributed by atoms with Gasteiger partial charge in [-0.3, -0.25) is 0 Å². The van der Waals surface area contributed by atoms with Crippen molar-refractivity contribution in [1.29, 1.82) is 0 Å². The first kappa shape index (κ1) is 52.2. The van der Waals surface area contributed by atoms with E-state index in [1.807, 2.05) is 60.6 Å². The van der Waals surface area contributed by atoms with Crippen LogP contribution >= 0.6 is 22.6 Å². The molecule has 15 heteroatoms. The summed E-state index contributed by atoms with van der Waals surface area (Å²) in [5.74, 6) is -3.66. The van der Waals surface area contributed by atoms with Gasteiger partial charge < -0.3 is 33.9 Å². The van der Waals surface area contributed by atoms with Crippen LogP contribution in [0.5, 0.6) is 0 Å². The fourth-order valence-corrected chi connectivity index (χ4v) is 9.70. The number of aliphatic hydroxyl groups excluding tert-OH is 2. The lowest BCUT2D eigenvalue weighted by Gasteiger charge is -2.42. The molecule has 0 aliphatic carbocycles. The summed E-state index contributed by atoms with van der Waals surface area (Å²) < 4.78 is 71.7. The number of methoxy groups -OCH3 is 2. The molecule has 0 saturated carbocycles. The lowest BCUT2D eigenvalue weighted by atomic mass is 9.79. The summed E-state index contributed by atoms with van der Waals surface area (Å²) in [4.78, 5) is 27.7. The van der Waals surface area contributed by atoms with Gasteiger partial charge in [0.2, 0.25) is 5.76 Å². The molecule has 2 N–H and O–H groups in total. The van der Waals surface area contributed by atoms with Crippen LogP contribution < -0.4 is 0 Å². The lowest BCUT2D eigenvalue weighted by Crippen LogP contribution is -2.49. The number of esters is 2. The minimum absolute atomic E-state index is 0.0395. The van der Waals surface area contributed by atoms with Crippen molar-refractivity contribution in [1.82, 2.24) is 0 Å². The van der Waals surface area contributed by atoms with Gasteiger partial charge in [0.25, 0.3) is 0 Å². The quantitative estimate of drug-likeness (QED) is 0.0958. The smallest absolute Gasteiger partial charge is 0.442 e. The van der Waals surface area contributed by atoms with Crippen LogP contribution in [0.4, 0.5) is 13.2 Å². The van der Waals surface area contributed by atoms with Crippen LogP contribution in [0.1, 0.15) is 97.5 Å². The van der Waals surface area contributed by atoms with Gasteiger partial charge in [-0.1, -0.05) is 124 Å². The fraction of sp³-hybridized carbons (Fsp3) is 0.625. The standard InChI is InChI=1S/C48H66F3IN2O9/c1-12-15-37-30(7)36(52)25-39(61-37)31(8)42(56)32(9)44-38(59-10)17-14-16-26(3)22-29(6)43(35(13-2)41(55)28(5)23-27(4)24-40(60-11)46(58)63-44)62-45(57)33-18-20-34(21-19-33)47(53-54-47)48(49,50)51/h12,14-21,23-24,28-32,35-39,41-44,55-56H,13,22,25H2,1-11H3/b15-12+,17-14+,26-16+,27-23+,40-24-/t28-,29-,30+,31-,32+,35-,36-,37-,38+,39-,41-,42+,43+,44-/m1/s1/i52-2. The molecule has 0 spiro atoms. The topological polar surface area (TPSA) is 145 Å². The molecule has 1 fully saturated rings. The van der Waals surface area contributed by atoms with Crippen molar-refractivity contribution in [3.8, 4) is 0 Å². The summed E-state index contributed by atoms with van der Waals surface area (Å²) in [6, 6.07) is 4.86. The molecule has 0 bridgehead atoms. The van der Waals surface area contributed by atoms with Crippen LogP contribution in [0.3, 0.4) is 0 Å². The van der Waals surface area contributed by atoms with Crippen LogP contribution in [-0.4, -0.2) is 89.2 Å². The molecule has 0 radical (unpaired) electrons. The molecule has 3 aliphatic heterocycles. The number of ether oxygens (including phenoxy) is 5. The highest BCUT2D eigenvalue weighted by atomic mass is 125. The largest absolute Gasteiger partial charge is 0.490 e. The Morgan fingerprint density at radius 3 is 2.30 bits per heavy atom. The third kappa shape index (κ3) is 12.7. The van der Waals surface area contributed by atoms with E-state index in [2.05, 4.69) is 45.8 Å². The molecule has 0 amide bonds. The van der Waals surface area contributed by atoms with Crippen molar-refractivity contribution >= 4 is 34.5 Å². The maximum atomic E-state index is 14.0. The molecule has 1 aromatic rings. The van der Waals surface area contributed by atoms with Crippen molar-refractivity contribution in [2.24, 2.45) is 45.7 Å². The molecule has 1 saturated heterocycles. The van der Waals surface area contributed by atoms with Gasteiger partial charge in [0.05, 0.1) is 37.1 Å².